The Bertz CT molecular complexity index is 489. The van der Waals surface area contributed by atoms with Crippen LogP contribution in [0.25, 0.3) is 5.53 Å². The lowest BCUT2D eigenvalue weighted by atomic mass is 10.1. The van der Waals surface area contributed by atoms with Crippen LogP contribution < -0.4 is 0 Å². The first-order valence-electron chi connectivity index (χ1n) is 4.25. The van der Waals surface area contributed by atoms with E-state index in [1.807, 2.05) is 0 Å². The van der Waals surface area contributed by atoms with Crippen LogP contribution in [0.15, 0.2) is 24.3 Å². The third-order valence-electron chi connectivity index (χ3n) is 1.84. The SMILES string of the molecule is COC(=O)C(=[N+]=[N-])C(=O)c1ccccc1O. The highest BCUT2D eigenvalue weighted by molar-refractivity contribution is 6.65. The Balaban J connectivity index is 3.17. The summed E-state index contributed by atoms with van der Waals surface area (Å²) >= 11 is 0. The molecule has 0 unspecified atom stereocenters. The number of hydrogen-bond acceptors (Lipinski definition) is 4. The summed E-state index contributed by atoms with van der Waals surface area (Å²) in [7, 11) is 1.05. The van der Waals surface area contributed by atoms with Gasteiger partial charge in [-0.2, -0.15) is 4.79 Å². The predicted octanol–water partition coefficient (Wildman–Crippen LogP) is 0.419. The number of methoxy groups -OCH3 is 1. The molecule has 0 radical (unpaired) electrons. The summed E-state index contributed by atoms with van der Waals surface area (Å²) in [5.74, 6) is -2.29. The van der Waals surface area contributed by atoms with Gasteiger partial charge >= 0.3 is 11.7 Å². The van der Waals surface area contributed by atoms with Gasteiger partial charge in [-0.05, 0) is 12.1 Å². The number of ether oxygens (including phenoxy) is 1. The molecule has 0 saturated heterocycles. The average Bonchev–Trinajstić information content (AvgIpc) is 2.30. The monoisotopic (exact) mass is 220 g/mol. The van der Waals surface area contributed by atoms with E-state index in [1.165, 1.54) is 24.3 Å². The van der Waals surface area contributed by atoms with E-state index < -0.39 is 17.5 Å². The molecule has 6 nitrogen and oxygen atoms in total. The molecule has 0 heterocycles. The van der Waals surface area contributed by atoms with Crippen LogP contribution in [0.2, 0.25) is 0 Å². The number of rotatable bonds is 3. The lowest BCUT2D eigenvalue weighted by Gasteiger charge is -1.98. The van der Waals surface area contributed by atoms with E-state index in [2.05, 4.69) is 9.53 Å². The van der Waals surface area contributed by atoms with Gasteiger partial charge in [0, 0.05) is 0 Å². The molecule has 1 N–H and O–H groups in total. The largest absolute Gasteiger partial charge is 0.507 e. The minimum absolute atomic E-state index is 0.138. The summed E-state index contributed by atoms with van der Waals surface area (Å²) in [5, 5.41) is 9.37. The summed E-state index contributed by atoms with van der Waals surface area (Å²) in [6.07, 6.45) is 0. The minimum atomic E-state index is -1.07. The van der Waals surface area contributed by atoms with Gasteiger partial charge in [0.2, 0.25) is 0 Å². The Kier molecular flexibility index (Phi) is 3.53. The van der Waals surface area contributed by atoms with Gasteiger partial charge in [0.15, 0.2) is 0 Å². The van der Waals surface area contributed by atoms with Crippen LogP contribution in [0.4, 0.5) is 0 Å². The van der Waals surface area contributed by atoms with E-state index in [9.17, 15) is 14.7 Å². The molecule has 0 saturated carbocycles. The molecule has 0 spiro atoms. The molecule has 6 heteroatoms. The standard InChI is InChI=1S/C10H8N2O4/c1-16-10(15)8(12-11)9(14)6-4-2-3-5-7(6)13/h2-5,13H,1H3. The van der Waals surface area contributed by atoms with E-state index in [4.69, 9.17) is 5.53 Å². The van der Waals surface area contributed by atoms with E-state index in [-0.39, 0.29) is 11.3 Å². The number of ketones is 1. The number of aromatic hydroxyl groups is 1. The van der Waals surface area contributed by atoms with Crippen molar-refractivity contribution in [3.05, 3.63) is 35.4 Å². The Morgan fingerprint density at radius 2 is 2.00 bits per heavy atom. The fraction of sp³-hybridized carbons (Fsp3) is 0.100. The van der Waals surface area contributed by atoms with Gasteiger partial charge in [-0.1, -0.05) is 12.1 Å². The second-order valence-corrected chi connectivity index (χ2v) is 2.79. The molecule has 16 heavy (non-hydrogen) atoms. The summed E-state index contributed by atoms with van der Waals surface area (Å²) in [6, 6.07) is 5.59. The first-order valence-corrected chi connectivity index (χ1v) is 4.25. The van der Waals surface area contributed by atoms with E-state index in [1.54, 1.807) is 0 Å². The molecule has 0 aliphatic rings. The fourth-order valence-corrected chi connectivity index (χ4v) is 1.07. The quantitative estimate of drug-likeness (QED) is 0.199. The summed E-state index contributed by atoms with van der Waals surface area (Å²) < 4.78 is 4.25. The van der Waals surface area contributed by atoms with Crippen molar-refractivity contribution in [2.24, 2.45) is 0 Å². The molecule has 1 aromatic rings. The Morgan fingerprint density at radius 3 is 2.50 bits per heavy atom. The Morgan fingerprint density at radius 1 is 1.38 bits per heavy atom. The number of esters is 1. The minimum Gasteiger partial charge on any atom is -0.507 e. The molecular formula is C10H8N2O4. The summed E-state index contributed by atoms with van der Waals surface area (Å²) in [5.41, 5.74) is 7.61. The highest BCUT2D eigenvalue weighted by Crippen LogP contribution is 2.16. The van der Waals surface area contributed by atoms with Crippen LogP contribution in [0.5, 0.6) is 5.75 Å². The zero-order valence-electron chi connectivity index (χ0n) is 8.38. The van der Waals surface area contributed by atoms with Gasteiger partial charge in [-0.3, -0.25) is 4.79 Å². The van der Waals surface area contributed by atoms with Crippen molar-refractivity contribution in [3.8, 4) is 5.75 Å². The van der Waals surface area contributed by atoms with Gasteiger partial charge in [0.1, 0.15) is 5.75 Å². The van der Waals surface area contributed by atoms with Crippen molar-refractivity contribution >= 4 is 17.5 Å². The second-order valence-electron chi connectivity index (χ2n) is 2.79. The van der Waals surface area contributed by atoms with E-state index in [0.29, 0.717) is 0 Å². The number of phenols is 1. The maximum Gasteiger partial charge on any atom is 0.446 e. The van der Waals surface area contributed by atoms with Crippen molar-refractivity contribution in [2.75, 3.05) is 7.11 Å². The zero-order valence-corrected chi connectivity index (χ0v) is 8.38. The number of hydrogen-bond donors (Lipinski definition) is 1. The first-order chi connectivity index (χ1) is 7.61. The average molecular weight is 220 g/mol. The Labute approximate surface area is 90.7 Å². The first kappa shape index (κ1) is 11.6. The highest BCUT2D eigenvalue weighted by atomic mass is 16.5. The molecule has 0 aliphatic heterocycles. The third kappa shape index (κ3) is 2.13. The molecule has 0 fully saturated rings. The normalized spacial score (nSPS) is 9.06. The molecule has 1 aromatic carbocycles. The van der Waals surface area contributed by atoms with Crippen LogP contribution >= 0.6 is 0 Å². The molecular weight excluding hydrogens is 212 g/mol. The van der Waals surface area contributed by atoms with Gasteiger partial charge in [-0.15, -0.1) is 0 Å². The van der Waals surface area contributed by atoms with Crippen molar-refractivity contribution in [3.63, 3.8) is 0 Å². The third-order valence-corrected chi connectivity index (χ3v) is 1.84. The van der Waals surface area contributed by atoms with Gasteiger partial charge < -0.3 is 15.4 Å². The van der Waals surface area contributed by atoms with E-state index >= 15 is 0 Å². The van der Waals surface area contributed by atoms with Crippen LogP contribution in [-0.4, -0.2) is 34.5 Å². The number of para-hydroxylation sites is 1. The smallest absolute Gasteiger partial charge is 0.446 e. The molecule has 0 amide bonds. The highest BCUT2D eigenvalue weighted by Gasteiger charge is 2.33. The zero-order chi connectivity index (χ0) is 12.1. The van der Waals surface area contributed by atoms with Crippen molar-refractivity contribution in [1.29, 1.82) is 0 Å². The Hall–Kier alpha value is -2.46. The molecule has 0 bridgehead atoms. The van der Waals surface area contributed by atoms with Crippen molar-refractivity contribution in [2.45, 2.75) is 0 Å². The number of nitrogens with zero attached hydrogens (tertiary/aromatic N) is 2. The molecule has 82 valence electrons. The van der Waals surface area contributed by atoms with Gasteiger partial charge in [-0.25, -0.2) is 4.79 Å². The van der Waals surface area contributed by atoms with Crippen LogP contribution in [0, 0.1) is 0 Å². The number of carbonyl (C=O) groups is 2. The van der Waals surface area contributed by atoms with Crippen molar-refractivity contribution < 1.29 is 24.2 Å². The maximum atomic E-state index is 11.6. The second kappa shape index (κ2) is 4.86. The summed E-state index contributed by atoms with van der Waals surface area (Å²) in [4.78, 5) is 25.3. The number of Topliss-reactive ketones (excluding diaryl/α,β-unsaturated/α-hetero) is 1. The topological polar surface area (TPSA) is 100 Å². The van der Waals surface area contributed by atoms with Gasteiger partial charge in [0.25, 0.3) is 5.78 Å². The van der Waals surface area contributed by atoms with Crippen LogP contribution in [0.1, 0.15) is 10.4 Å². The molecule has 0 aliphatic carbocycles. The number of phenolic OH excluding ortho intramolecular Hbond substituents is 1. The predicted molar refractivity (Wildman–Crippen MR) is 53.1 cm³/mol. The van der Waals surface area contributed by atoms with Crippen LogP contribution in [0.3, 0.4) is 0 Å². The fourth-order valence-electron chi connectivity index (χ4n) is 1.07. The van der Waals surface area contributed by atoms with Crippen LogP contribution in [-0.2, 0) is 9.53 Å². The van der Waals surface area contributed by atoms with Crippen molar-refractivity contribution in [1.82, 2.24) is 0 Å². The lowest BCUT2D eigenvalue weighted by Crippen LogP contribution is -2.26. The summed E-state index contributed by atoms with van der Waals surface area (Å²) in [6.45, 7) is 0. The van der Waals surface area contributed by atoms with Gasteiger partial charge in [0.05, 0.1) is 12.7 Å². The number of benzene rings is 1. The van der Waals surface area contributed by atoms with E-state index in [0.717, 1.165) is 7.11 Å². The molecule has 0 atom stereocenters. The molecule has 0 aromatic heterocycles. The maximum absolute atomic E-state index is 11.6. The number of carbonyl (C=O) groups excluding carboxylic acids is 2. The lowest BCUT2D eigenvalue weighted by molar-refractivity contribution is -0.137. The molecule has 1 rings (SSSR count).